The molecular formula is C25H25BrFN3O4S. The molecule has 0 fully saturated rings. The minimum Gasteiger partial charge on any atom is -0.357 e. The number of carbonyl (C=O) groups is 2. The Kier molecular flexibility index (Phi) is 8.63. The van der Waals surface area contributed by atoms with E-state index in [0.29, 0.717) is 11.3 Å². The molecule has 0 aliphatic carbocycles. The second-order valence-electron chi connectivity index (χ2n) is 7.74. The van der Waals surface area contributed by atoms with Crippen LogP contribution in [-0.2, 0) is 26.2 Å². The van der Waals surface area contributed by atoms with E-state index in [1.165, 1.54) is 48.3 Å². The maximum absolute atomic E-state index is 13.6. The van der Waals surface area contributed by atoms with Crippen molar-refractivity contribution in [3.8, 4) is 0 Å². The number of hydrogen-bond acceptors (Lipinski definition) is 4. The Morgan fingerprint density at radius 3 is 2.14 bits per heavy atom. The average Bonchev–Trinajstić information content (AvgIpc) is 2.87. The summed E-state index contributed by atoms with van der Waals surface area (Å²) in [5.74, 6) is -1.43. The molecule has 3 rings (SSSR count). The highest BCUT2D eigenvalue weighted by Gasteiger charge is 2.32. The van der Waals surface area contributed by atoms with Gasteiger partial charge in [0.1, 0.15) is 18.4 Å². The number of sulfonamides is 1. The Hall–Kier alpha value is -3.24. The molecule has 1 atom stereocenters. The fourth-order valence-corrected chi connectivity index (χ4v) is 5.13. The lowest BCUT2D eigenvalue weighted by Gasteiger charge is -2.31. The number of nitrogens with one attached hydrogen (secondary N) is 1. The minimum atomic E-state index is -4.11. The summed E-state index contributed by atoms with van der Waals surface area (Å²) in [5.41, 5.74) is 0.886. The molecule has 0 aromatic heterocycles. The molecule has 0 radical (unpaired) electrons. The van der Waals surface area contributed by atoms with Gasteiger partial charge in [0.2, 0.25) is 11.8 Å². The van der Waals surface area contributed by atoms with Crippen molar-refractivity contribution >= 4 is 43.5 Å². The number of rotatable bonds is 9. The Bertz CT molecular complexity index is 1270. The fraction of sp³-hybridized carbons (Fsp3) is 0.200. The largest absolute Gasteiger partial charge is 0.357 e. The van der Waals surface area contributed by atoms with Gasteiger partial charge in [-0.15, -0.1) is 0 Å². The van der Waals surface area contributed by atoms with Gasteiger partial charge >= 0.3 is 0 Å². The fourth-order valence-electron chi connectivity index (χ4n) is 3.43. The third-order valence-corrected chi connectivity index (χ3v) is 7.72. The minimum absolute atomic E-state index is 0.00668. The van der Waals surface area contributed by atoms with E-state index < -0.39 is 40.2 Å². The second-order valence-corrected chi connectivity index (χ2v) is 10.5. The van der Waals surface area contributed by atoms with Gasteiger partial charge in [-0.25, -0.2) is 12.8 Å². The monoisotopic (exact) mass is 561 g/mol. The third kappa shape index (κ3) is 6.46. The van der Waals surface area contributed by atoms with Gasteiger partial charge in [-0.05, 0) is 61.0 Å². The van der Waals surface area contributed by atoms with E-state index in [1.54, 1.807) is 49.4 Å². The van der Waals surface area contributed by atoms with Gasteiger partial charge in [0.05, 0.1) is 10.6 Å². The van der Waals surface area contributed by atoms with E-state index in [1.807, 2.05) is 0 Å². The summed E-state index contributed by atoms with van der Waals surface area (Å²) in [7, 11) is -2.65. The zero-order valence-electron chi connectivity index (χ0n) is 19.2. The Balaban J connectivity index is 2.00. The molecule has 3 aromatic rings. The van der Waals surface area contributed by atoms with Crippen molar-refractivity contribution in [3.05, 3.63) is 94.7 Å². The van der Waals surface area contributed by atoms with Crippen LogP contribution < -0.4 is 9.62 Å². The van der Waals surface area contributed by atoms with Crippen molar-refractivity contribution in [2.45, 2.75) is 24.4 Å². The van der Waals surface area contributed by atoms with Gasteiger partial charge in [0, 0.05) is 18.1 Å². The molecular weight excluding hydrogens is 537 g/mol. The van der Waals surface area contributed by atoms with Crippen LogP contribution in [0.25, 0.3) is 0 Å². The van der Waals surface area contributed by atoms with E-state index in [2.05, 4.69) is 21.2 Å². The highest BCUT2D eigenvalue weighted by Crippen LogP contribution is 2.26. The number of likely N-dealkylation sites (N-methyl/N-ethyl adjacent to an activating group) is 1. The molecule has 0 saturated heterocycles. The van der Waals surface area contributed by atoms with Crippen LogP contribution in [0.15, 0.2) is 88.2 Å². The molecule has 1 N–H and O–H groups in total. The van der Waals surface area contributed by atoms with Crippen molar-refractivity contribution in [2.24, 2.45) is 0 Å². The number of benzene rings is 3. The first kappa shape index (κ1) is 26.4. The van der Waals surface area contributed by atoms with Crippen LogP contribution in [0.5, 0.6) is 0 Å². The van der Waals surface area contributed by atoms with Gasteiger partial charge in [-0.1, -0.05) is 46.3 Å². The smallest absolute Gasteiger partial charge is 0.264 e. The van der Waals surface area contributed by atoms with Crippen molar-refractivity contribution in [1.82, 2.24) is 10.2 Å². The summed E-state index contributed by atoms with van der Waals surface area (Å²) in [4.78, 5) is 27.3. The standard InChI is InChI=1S/C25H25BrFN3O4S/c1-18(25(32)28-2)29(16-19-8-12-21(27)13-9-19)24(31)17-30(22-14-10-20(26)11-15-22)35(33,34)23-6-4-3-5-7-23/h3-15,18H,16-17H2,1-2H3,(H,28,32)/t18-/m0/s1. The molecule has 10 heteroatoms. The van der Waals surface area contributed by atoms with Gasteiger partial charge in [-0.2, -0.15) is 0 Å². The van der Waals surface area contributed by atoms with Crippen LogP contribution in [0, 0.1) is 5.82 Å². The lowest BCUT2D eigenvalue weighted by molar-refractivity contribution is -0.139. The molecule has 3 aromatic carbocycles. The first-order chi connectivity index (χ1) is 16.6. The van der Waals surface area contributed by atoms with Crippen molar-refractivity contribution < 1.29 is 22.4 Å². The van der Waals surface area contributed by atoms with Crippen LogP contribution >= 0.6 is 15.9 Å². The summed E-state index contributed by atoms with van der Waals surface area (Å²) in [6.45, 7) is 1.00. The van der Waals surface area contributed by atoms with Gasteiger partial charge in [-0.3, -0.25) is 13.9 Å². The first-order valence-corrected chi connectivity index (χ1v) is 13.0. The predicted molar refractivity (Wildman–Crippen MR) is 136 cm³/mol. The van der Waals surface area contributed by atoms with Gasteiger partial charge in [0.15, 0.2) is 0 Å². The number of halogens is 2. The Morgan fingerprint density at radius 1 is 0.971 bits per heavy atom. The Labute approximate surface area is 212 Å². The lowest BCUT2D eigenvalue weighted by Crippen LogP contribution is -2.50. The molecule has 0 saturated carbocycles. The molecule has 35 heavy (non-hydrogen) atoms. The van der Waals surface area contributed by atoms with E-state index in [0.717, 1.165) is 8.78 Å². The van der Waals surface area contributed by atoms with Crippen LogP contribution in [0.2, 0.25) is 0 Å². The summed E-state index contributed by atoms with van der Waals surface area (Å²) in [6, 6.07) is 19.0. The second kappa shape index (κ2) is 11.5. The molecule has 7 nitrogen and oxygen atoms in total. The van der Waals surface area contributed by atoms with Crippen LogP contribution in [0.4, 0.5) is 10.1 Å². The molecule has 0 bridgehead atoms. The van der Waals surface area contributed by atoms with Gasteiger partial charge in [0.25, 0.3) is 10.0 Å². The number of anilines is 1. The van der Waals surface area contributed by atoms with Crippen LogP contribution in [0.1, 0.15) is 12.5 Å². The molecule has 184 valence electrons. The topological polar surface area (TPSA) is 86.8 Å². The lowest BCUT2D eigenvalue weighted by atomic mass is 10.1. The third-order valence-electron chi connectivity index (χ3n) is 5.40. The highest BCUT2D eigenvalue weighted by atomic mass is 79.9. The molecule has 0 aliphatic heterocycles. The summed E-state index contributed by atoms with van der Waals surface area (Å²) < 4.78 is 42.3. The highest BCUT2D eigenvalue weighted by molar-refractivity contribution is 9.10. The number of amides is 2. The Morgan fingerprint density at radius 2 is 1.57 bits per heavy atom. The van der Waals surface area contributed by atoms with E-state index in [-0.39, 0.29) is 11.4 Å². The first-order valence-electron chi connectivity index (χ1n) is 10.7. The molecule has 0 heterocycles. The molecule has 0 unspecified atom stereocenters. The molecule has 2 amide bonds. The summed E-state index contributed by atoms with van der Waals surface area (Å²) in [6.07, 6.45) is 0. The zero-order valence-corrected chi connectivity index (χ0v) is 21.6. The SMILES string of the molecule is CNC(=O)[C@H](C)N(Cc1ccc(F)cc1)C(=O)CN(c1ccc(Br)cc1)S(=O)(=O)c1ccccc1. The van der Waals surface area contributed by atoms with E-state index in [9.17, 15) is 22.4 Å². The predicted octanol–water partition coefficient (Wildman–Crippen LogP) is 3.95. The van der Waals surface area contributed by atoms with Crippen molar-refractivity contribution in [2.75, 3.05) is 17.9 Å². The maximum atomic E-state index is 13.6. The summed E-state index contributed by atoms with van der Waals surface area (Å²) >= 11 is 3.33. The summed E-state index contributed by atoms with van der Waals surface area (Å²) in [5, 5.41) is 2.51. The number of carbonyl (C=O) groups excluding carboxylic acids is 2. The van der Waals surface area contributed by atoms with Crippen molar-refractivity contribution in [1.29, 1.82) is 0 Å². The van der Waals surface area contributed by atoms with E-state index >= 15 is 0 Å². The molecule has 0 spiro atoms. The quantitative estimate of drug-likeness (QED) is 0.428. The average molecular weight is 562 g/mol. The normalized spacial score (nSPS) is 12.0. The maximum Gasteiger partial charge on any atom is 0.264 e. The number of hydrogen-bond donors (Lipinski definition) is 1. The number of nitrogens with zero attached hydrogens (tertiary/aromatic N) is 2. The zero-order chi connectivity index (χ0) is 25.6. The van der Waals surface area contributed by atoms with E-state index in [4.69, 9.17) is 0 Å². The molecule has 0 aliphatic rings. The van der Waals surface area contributed by atoms with Crippen LogP contribution in [0.3, 0.4) is 0 Å². The van der Waals surface area contributed by atoms with Gasteiger partial charge < -0.3 is 10.2 Å². The van der Waals surface area contributed by atoms with Crippen LogP contribution in [-0.4, -0.2) is 44.8 Å². The van der Waals surface area contributed by atoms with Crippen molar-refractivity contribution in [3.63, 3.8) is 0 Å².